The van der Waals surface area contributed by atoms with Crippen molar-refractivity contribution in [1.29, 1.82) is 0 Å². The molecule has 26 heavy (non-hydrogen) atoms. The number of hydrogen-bond donors (Lipinski definition) is 2. The Hall–Kier alpha value is -2.64. The second kappa shape index (κ2) is 6.26. The third kappa shape index (κ3) is 3.36. The summed E-state index contributed by atoms with van der Waals surface area (Å²) in [5, 5.41) is 2.69. The van der Waals surface area contributed by atoms with Crippen LogP contribution in [-0.2, 0) is 5.41 Å². The van der Waals surface area contributed by atoms with E-state index in [1.165, 1.54) is 12.1 Å². The number of hydrogen-bond acceptors (Lipinski definition) is 3. The lowest BCUT2D eigenvalue weighted by Gasteiger charge is -2.21. The Morgan fingerprint density at radius 2 is 1.88 bits per heavy atom. The Morgan fingerprint density at radius 1 is 1.27 bits per heavy atom. The Kier molecular flexibility index (Phi) is 4.37. The lowest BCUT2D eigenvalue weighted by atomic mass is 9.93. The summed E-state index contributed by atoms with van der Waals surface area (Å²) in [6.07, 6.45) is -4.04. The van der Waals surface area contributed by atoms with Crippen molar-refractivity contribution in [2.45, 2.75) is 44.3 Å². The molecule has 3 rings (SSSR count). The summed E-state index contributed by atoms with van der Waals surface area (Å²) >= 11 is 0. The summed E-state index contributed by atoms with van der Waals surface area (Å²) in [5.41, 5.74) is -1.24. The predicted molar refractivity (Wildman–Crippen MR) is 88.9 cm³/mol. The smallest absolute Gasteiger partial charge is 0.344 e. The maximum Gasteiger partial charge on any atom is 0.398 e. The van der Waals surface area contributed by atoms with Crippen molar-refractivity contribution in [2.75, 3.05) is 0 Å². The minimum Gasteiger partial charge on any atom is -0.344 e. The van der Waals surface area contributed by atoms with E-state index in [1.807, 2.05) is 0 Å². The molecule has 1 heterocycles. The van der Waals surface area contributed by atoms with Crippen molar-refractivity contribution in [2.24, 2.45) is 0 Å². The summed E-state index contributed by atoms with van der Waals surface area (Å²) in [4.78, 5) is 30.1. The third-order valence-corrected chi connectivity index (χ3v) is 4.70. The van der Waals surface area contributed by atoms with Gasteiger partial charge in [0.2, 0.25) is 0 Å². The fourth-order valence-corrected chi connectivity index (χ4v) is 3.00. The molecule has 8 heteroatoms. The number of aryl methyl sites for hydroxylation is 1. The molecule has 0 unspecified atom stereocenters. The predicted octanol–water partition coefficient (Wildman–Crippen LogP) is 3.16. The summed E-state index contributed by atoms with van der Waals surface area (Å²) < 4.78 is 39.5. The van der Waals surface area contributed by atoms with Crippen molar-refractivity contribution in [3.8, 4) is 0 Å². The van der Waals surface area contributed by atoms with Crippen LogP contribution < -0.4 is 10.9 Å². The Morgan fingerprint density at radius 3 is 2.38 bits per heavy atom. The molecular formula is C18H18F3N3O2. The largest absolute Gasteiger partial charge is 0.398 e. The number of alkyl halides is 3. The van der Waals surface area contributed by atoms with Crippen LogP contribution in [0.1, 0.15) is 53.2 Å². The molecule has 1 atom stereocenters. The van der Waals surface area contributed by atoms with Gasteiger partial charge in [-0.05, 0) is 37.8 Å². The SMILES string of the molecule is Cc1nc(C(=O)N[C@H](C)c2ccc(C3(C(F)(F)F)CC3)cc2)cc(=O)[nH]1. The van der Waals surface area contributed by atoms with Gasteiger partial charge in [-0.1, -0.05) is 24.3 Å². The highest BCUT2D eigenvalue weighted by atomic mass is 19.4. The van der Waals surface area contributed by atoms with Crippen LogP contribution in [0.5, 0.6) is 0 Å². The lowest BCUT2D eigenvalue weighted by molar-refractivity contribution is -0.160. The van der Waals surface area contributed by atoms with E-state index in [0.29, 0.717) is 11.4 Å². The molecule has 1 saturated carbocycles. The molecule has 1 aromatic carbocycles. The highest BCUT2D eigenvalue weighted by Crippen LogP contribution is 2.58. The van der Waals surface area contributed by atoms with Crippen molar-refractivity contribution < 1.29 is 18.0 Å². The molecule has 1 aliphatic rings. The molecule has 1 aromatic heterocycles. The molecular weight excluding hydrogens is 347 g/mol. The molecule has 138 valence electrons. The number of aromatic nitrogens is 2. The van der Waals surface area contributed by atoms with E-state index < -0.39 is 29.1 Å². The number of nitrogens with one attached hydrogen (secondary N) is 2. The zero-order valence-corrected chi connectivity index (χ0v) is 14.3. The van der Waals surface area contributed by atoms with Gasteiger partial charge in [-0.3, -0.25) is 9.59 Å². The highest BCUT2D eigenvalue weighted by Gasteiger charge is 2.64. The van der Waals surface area contributed by atoms with Crippen molar-refractivity contribution in [3.63, 3.8) is 0 Å². The number of carbonyl (C=O) groups excluding carboxylic acids is 1. The summed E-state index contributed by atoms with van der Waals surface area (Å²) in [6, 6.07) is 6.75. The number of halogens is 3. The minimum atomic E-state index is -4.25. The lowest BCUT2D eigenvalue weighted by Crippen LogP contribution is -2.30. The third-order valence-electron chi connectivity index (χ3n) is 4.70. The van der Waals surface area contributed by atoms with E-state index >= 15 is 0 Å². The van der Waals surface area contributed by atoms with E-state index in [-0.39, 0.29) is 24.1 Å². The molecule has 1 amide bonds. The van der Waals surface area contributed by atoms with E-state index in [0.717, 1.165) is 6.07 Å². The second-order valence-electron chi connectivity index (χ2n) is 6.61. The topological polar surface area (TPSA) is 74.8 Å². The number of rotatable bonds is 4. The molecule has 0 bridgehead atoms. The zero-order valence-electron chi connectivity index (χ0n) is 14.3. The maximum atomic E-state index is 13.2. The van der Waals surface area contributed by atoms with Gasteiger partial charge >= 0.3 is 6.18 Å². The molecule has 0 aliphatic heterocycles. The number of H-pyrrole nitrogens is 1. The van der Waals surface area contributed by atoms with Crippen LogP contribution in [0.2, 0.25) is 0 Å². The van der Waals surface area contributed by atoms with Gasteiger partial charge in [0.25, 0.3) is 11.5 Å². The average molecular weight is 365 g/mol. The van der Waals surface area contributed by atoms with E-state index in [1.54, 1.807) is 26.0 Å². The van der Waals surface area contributed by atoms with Gasteiger partial charge in [0.15, 0.2) is 0 Å². The Labute approximate surface area is 147 Å². The van der Waals surface area contributed by atoms with E-state index in [9.17, 15) is 22.8 Å². The Balaban J connectivity index is 1.73. The summed E-state index contributed by atoms with van der Waals surface area (Å²) in [5.74, 6) is -0.203. The number of carbonyl (C=O) groups is 1. The summed E-state index contributed by atoms with van der Waals surface area (Å²) in [6.45, 7) is 3.28. The van der Waals surface area contributed by atoms with Gasteiger partial charge in [0.05, 0.1) is 11.5 Å². The molecule has 0 radical (unpaired) electrons. The number of benzene rings is 1. The van der Waals surface area contributed by atoms with Crippen LogP contribution in [0.4, 0.5) is 13.2 Å². The van der Waals surface area contributed by atoms with Crippen molar-refractivity contribution in [1.82, 2.24) is 15.3 Å². The standard InChI is InChI=1S/C18H18F3N3O2/c1-10(22-16(26)14-9-15(25)24-11(2)23-14)12-3-5-13(6-4-12)17(7-8-17)18(19,20)21/h3-6,9-10H,7-8H2,1-2H3,(H,22,26)(H,23,24,25)/t10-/m1/s1. The van der Waals surface area contributed by atoms with Crippen molar-refractivity contribution >= 4 is 5.91 Å². The van der Waals surface area contributed by atoms with Gasteiger partial charge in [-0.2, -0.15) is 13.2 Å². The zero-order chi connectivity index (χ0) is 19.1. The van der Waals surface area contributed by atoms with Crippen LogP contribution in [-0.4, -0.2) is 22.1 Å². The monoisotopic (exact) mass is 365 g/mol. The van der Waals surface area contributed by atoms with Crippen LogP contribution in [0, 0.1) is 6.92 Å². The van der Waals surface area contributed by atoms with Gasteiger partial charge in [-0.25, -0.2) is 4.98 Å². The molecule has 0 spiro atoms. The van der Waals surface area contributed by atoms with Crippen LogP contribution in [0.15, 0.2) is 35.1 Å². The fourth-order valence-electron chi connectivity index (χ4n) is 3.00. The molecule has 2 N–H and O–H groups in total. The van der Waals surface area contributed by atoms with Gasteiger partial charge < -0.3 is 10.3 Å². The van der Waals surface area contributed by atoms with E-state index in [2.05, 4.69) is 15.3 Å². The normalized spacial score (nSPS) is 16.8. The Bertz CT molecular complexity index is 884. The van der Waals surface area contributed by atoms with Crippen LogP contribution in [0.3, 0.4) is 0 Å². The molecule has 1 aliphatic carbocycles. The minimum absolute atomic E-state index is 0.0104. The average Bonchev–Trinajstić information content (AvgIpc) is 3.35. The van der Waals surface area contributed by atoms with Crippen molar-refractivity contribution in [3.05, 3.63) is 63.3 Å². The van der Waals surface area contributed by atoms with E-state index in [4.69, 9.17) is 0 Å². The number of nitrogens with zero attached hydrogens (tertiary/aromatic N) is 1. The quantitative estimate of drug-likeness (QED) is 0.874. The molecule has 2 aromatic rings. The first-order chi connectivity index (χ1) is 12.1. The first-order valence-electron chi connectivity index (χ1n) is 8.18. The molecule has 0 saturated heterocycles. The number of aromatic amines is 1. The number of amides is 1. The van der Waals surface area contributed by atoms with Gasteiger partial charge in [-0.15, -0.1) is 0 Å². The van der Waals surface area contributed by atoms with Gasteiger partial charge in [0.1, 0.15) is 11.5 Å². The maximum absolute atomic E-state index is 13.2. The van der Waals surface area contributed by atoms with Crippen LogP contribution in [0.25, 0.3) is 0 Å². The van der Waals surface area contributed by atoms with Gasteiger partial charge in [0, 0.05) is 6.07 Å². The highest BCUT2D eigenvalue weighted by molar-refractivity contribution is 5.92. The summed E-state index contributed by atoms with van der Waals surface area (Å²) in [7, 11) is 0. The fraction of sp³-hybridized carbons (Fsp3) is 0.389. The van der Waals surface area contributed by atoms with Crippen LogP contribution >= 0.6 is 0 Å². The molecule has 5 nitrogen and oxygen atoms in total. The second-order valence-corrected chi connectivity index (χ2v) is 6.61. The molecule has 1 fully saturated rings. The first-order valence-corrected chi connectivity index (χ1v) is 8.18. The first kappa shape index (κ1) is 18.2.